The van der Waals surface area contributed by atoms with Crippen LogP contribution in [0.1, 0.15) is 17.3 Å². The molecule has 0 bridgehead atoms. The normalized spacial score (nSPS) is 11.6. The fraction of sp³-hybridized carbons (Fsp3) is 0.0833. The molecule has 4 rings (SSSR count). The Kier molecular flexibility index (Phi) is 8.00. The second-order valence-electron chi connectivity index (χ2n) is 6.87. The number of esters is 1. The van der Waals surface area contributed by atoms with Gasteiger partial charge in [-0.25, -0.2) is 28.4 Å². The Morgan fingerprint density at radius 1 is 0.971 bits per heavy atom. The molecule has 0 unspecified atom stereocenters. The lowest BCUT2D eigenvalue weighted by atomic mass is 10.1. The smallest absolute Gasteiger partial charge is 0.338 e. The summed E-state index contributed by atoms with van der Waals surface area (Å²) in [6, 6.07) is 23.8. The standard InChI is InChI=1S/C24H19NO4.ClHO4/c1-2-28-24(27)17-8-10-18(11-9-17)25-21-15-23(16-6-4-3-5-7-16)29-22-13-12-19(26)14-20(21)22;2-1(3,4)5/h3-15,26H,2H2,1H3;(H,2,3,4,5). The fourth-order valence-electron chi connectivity index (χ4n) is 3.08. The molecule has 0 aliphatic rings. The summed E-state index contributed by atoms with van der Waals surface area (Å²) in [5.74, 6) is 0.509. The van der Waals surface area contributed by atoms with Crippen molar-refractivity contribution in [3.05, 3.63) is 89.8 Å². The summed E-state index contributed by atoms with van der Waals surface area (Å²) in [7, 11) is -4.94. The Labute approximate surface area is 196 Å². The molecule has 0 atom stereocenters. The van der Waals surface area contributed by atoms with Crippen molar-refractivity contribution in [1.29, 1.82) is 0 Å². The average molecular weight is 486 g/mol. The van der Waals surface area contributed by atoms with Crippen LogP contribution in [0.3, 0.4) is 0 Å². The van der Waals surface area contributed by atoms with Gasteiger partial charge in [0.15, 0.2) is 0 Å². The predicted octanol–water partition coefficient (Wildman–Crippen LogP) is -1.46. The van der Waals surface area contributed by atoms with Crippen LogP contribution in [0.25, 0.3) is 22.3 Å². The number of nitrogens with one attached hydrogen (secondary N) is 1. The zero-order chi connectivity index (χ0) is 24.7. The second-order valence-corrected chi connectivity index (χ2v) is 7.63. The first-order chi connectivity index (χ1) is 16.1. The van der Waals surface area contributed by atoms with Gasteiger partial charge in [0.25, 0.3) is 0 Å². The van der Waals surface area contributed by atoms with E-state index in [-0.39, 0.29) is 11.7 Å². The molecular weight excluding hydrogens is 466 g/mol. The molecule has 0 aliphatic heterocycles. The van der Waals surface area contributed by atoms with Gasteiger partial charge in [-0.2, -0.15) is 0 Å². The Balaban J connectivity index is 0.000000588. The highest BCUT2D eigenvalue weighted by Gasteiger charge is 2.11. The van der Waals surface area contributed by atoms with E-state index in [0.717, 1.165) is 22.0 Å². The molecule has 0 radical (unpaired) electrons. The SMILES string of the molecule is CCOC(=O)c1ccc([NH+]=c2cc(-c3ccccc3)oc3ccc(O)cc23)cc1.[O-][Cl+3]([O-])([O-])[O-]. The highest BCUT2D eigenvalue weighted by atomic mass is 35.7. The van der Waals surface area contributed by atoms with Crippen molar-refractivity contribution in [3.8, 4) is 17.1 Å². The Bertz CT molecular complexity index is 1320. The van der Waals surface area contributed by atoms with Gasteiger partial charge >= 0.3 is 5.97 Å². The first-order valence-corrected chi connectivity index (χ1v) is 11.2. The molecule has 0 amide bonds. The predicted molar refractivity (Wildman–Crippen MR) is 109 cm³/mol. The van der Waals surface area contributed by atoms with Gasteiger partial charge in [-0.15, -0.1) is 10.2 Å². The van der Waals surface area contributed by atoms with E-state index in [1.165, 1.54) is 0 Å². The van der Waals surface area contributed by atoms with Crippen molar-refractivity contribution in [2.45, 2.75) is 6.92 Å². The third-order valence-electron chi connectivity index (χ3n) is 4.48. The van der Waals surface area contributed by atoms with Crippen molar-refractivity contribution < 1.29 is 52.9 Å². The first kappa shape index (κ1) is 24.9. The zero-order valence-corrected chi connectivity index (χ0v) is 18.7. The van der Waals surface area contributed by atoms with E-state index in [1.807, 2.05) is 48.5 Å². The van der Waals surface area contributed by atoms with E-state index in [2.05, 4.69) is 4.99 Å². The number of hydrogen-bond donors (Lipinski definition) is 2. The number of phenolic OH excluding ortho intramolecular Hbond substituents is 1. The lowest BCUT2D eigenvalue weighted by Gasteiger charge is -2.17. The summed E-state index contributed by atoms with van der Waals surface area (Å²) in [5, 5.41) is 11.5. The maximum atomic E-state index is 11.8. The molecule has 0 fully saturated rings. The lowest BCUT2D eigenvalue weighted by Crippen LogP contribution is -2.70. The van der Waals surface area contributed by atoms with E-state index in [1.54, 1.807) is 37.3 Å². The highest BCUT2D eigenvalue weighted by Crippen LogP contribution is 2.23. The van der Waals surface area contributed by atoms with Crippen LogP contribution in [0.5, 0.6) is 5.75 Å². The maximum absolute atomic E-state index is 11.8. The monoisotopic (exact) mass is 485 g/mol. The molecule has 0 aliphatic carbocycles. The summed E-state index contributed by atoms with van der Waals surface area (Å²) < 4.78 is 45.0. The number of fused-ring (bicyclic) bond motifs is 1. The van der Waals surface area contributed by atoms with Crippen LogP contribution >= 0.6 is 0 Å². The largest absolute Gasteiger partial charge is 0.508 e. The van der Waals surface area contributed by atoms with Crippen molar-refractivity contribution >= 4 is 22.6 Å². The molecule has 0 saturated carbocycles. The summed E-state index contributed by atoms with van der Waals surface area (Å²) in [5.41, 5.74) is 2.89. The van der Waals surface area contributed by atoms with Crippen LogP contribution in [0, 0.1) is 10.2 Å². The van der Waals surface area contributed by atoms with Gasteiger partial charge in [0.05, 0.1) is 23.6 Å². The highest BCUT2D eigenvalue weighted by molar-refractivity contribution is 5.89. The first-order valence-electron chi connectivity index (χ1n) is 9.95. The number of halogens is 1. The molecule has 9 nitrogen and oxygen atoms in total. The molecule has 10 heteroatoms. The number of carbonyl (C=O) groups excluding carboxylic acids is 1. The average Bonchev–Trinajstić information content (AvgIpc) is 2.79. The van der Waals surface area contributed by atoms with E-state index in [4.69, 9.17) is 27.8 Å². The molecule has 176 valence electrons. The van der Waals surface area contributed by atoms with E-state index < -0.39 is 10.2 Å². The Hall–Kier alpha value is -3.73. The lowest BCUT2D eigenvalue weighted by molar-refractivity contribution is -2.00. The molecule has 1 heterocycles. The Morgan fingerprint density at radius 3 is 2.24 bits per heavy atom. The van der Waals surface area contributed by atoms with Crippen LogP contribution < -0.4 is 29.0 Å². The number of phenols is 1. The minimum absolute atomic E-state index is 0.154. The quantitative estimate of drug-likeness (QED) is 0.331. The molecule has 4 aromatic rings. The molecule has 2 N–H and O–H groups in total. The van der Waals surface area contributed by atoms with Crippen molar-refractivity contribution in [3.63, 3.8) is 0 Å². The van der Waals surface area contributed by atoms with Gasteiger partial charge in [-0.1, -0.05) is 30.3 Å². The third kappa shape index (κ3) is 7.14. The van der Waals surface area contributed by atoms with Crippen LogP contribution in [0.2, 0.25) is 0 Å². The van der Waals surface area contributed by atoms with Crippen molar-refractivity contribution in [2.24, 2.45) is 0 Å². The van der Waals surface area contributed by atoms with Gasteiger partial charge in [0, 0.05) is 17.7 Å². The number of hydrogen-bond acceptors (Lipinski definition) is 8. The van der Waals surface area contributed by atoms with Crippen molar-refractivity contribution in [1.82, 2.24) is 0 Å². The fourth-order valence-corrected chi connectivity index (χ4v) is 3.08. The van der Waals surface area contributed by atoms with Gasteiger partial charge in [0.1, 0.15) is 17.1 Å². The van der Waals surface area contributed by atoms with Crippen LogP contribution in [-0.4, -0.2) is 17.7 Å². The molecule has 1 aromatic heterocycles. The minimum Gasteiger partial charge on any atom is -0.508 e. The number of carbonyl (C=O) groups is 1. The molecule has 0 saturated heterocycles. The van der Waals surface area contributed by atoms with Crippen LogP contribution in [0.4, 0.5) is 5.69 Å². The molecular formula is C24H20ClNO8. The van der Waals surface area contributed by atoms with Crippen LogP contribution in [-0.2, 0) is 4.74 Å². The number of aromatic hydroxyl groups is 1. The zero-order valence-electron chi connectivity index (χ0n) is 17.9. The summed E-state index contributed by atoms with van der Waals surface area (Å²) in [6.07, 6.45) is 0. The minimum atomic E-state index is -4.94. The second kappa shape index (κ2) is 10.9. The molecule has 3 aromatic carbocycles. The van der Waals surface area contributed by atoms with E-state index in [9.17, 15) is 9.90 Å². The van der Waals surface area contributed by atoms with Crippen molar-refractivity contribution in [2.75, 3.05) is 6.61 Å². The van der Waals surface area contributed by atoms with Gasteiger partial charge in [0.2, 0.25) is 11.0 Å². The van der Waals surface area contributed by atoms with E-state index in [0.29, 0.717) is 23.5 Å². The number of ether oxygens (including phenoxy) is 1. The topological polar surface area (TPSA) is 166 Å². The third-order valence-corrected chi connectivity index (χ3v) is 4.48. The summed E-state index contributed by atoms with van der Waals surface area (Å²) in [4.78, 5) is 15.2. The molecule has 34 heavy (non-hydrogen) atoms. The van der Waals surface area contributed by atoms with E-state index >= 15 is 0 Å². The van der Waals surface area contributed by atoms with Crippen LogP contribution in [0.15, 0.2) is 83.3 Å². The molecule has 0 spiro atoms. The summed E-state index contributed by atoms with van der Waals surface area (Å²) >= 11 is 0. The summed E-state index contributed by atoms with van der Waals surface area (Å²) in [6.45, 7) is 2.11. The van der Waals surface area contributed by atoms with Gasteiger partial charge < -0.3 is 14.3 Å². The number of rotatable bonds is 4. The maximum Gasteiger partial charge on any atom is 0.338 e. The number of benzene rings is 3. The van der Waals surface area contributed by atoms with Gasteiger partial charge in [-0.05, 0) is 37.3 Å². The van der Waals surface area contributed by atoms with Gasteiger partial charge in [-0.3, -0.25) is 0 Å². The Morgan fingerprint density at radius 2 is 1.62 bits per heavy atom.